The van der Waals surface area contributed by atoms with Crippen molar-refractivity contribution < 1.29 is 19.4 Å². The number of carbonyl (C=O) groups is 1. The molecule has 1 atom stereocenters. The van der Waals surface area contributed by atoms with Crippen molar-refractivity contribution in [2.75, 3.05) is 39.2 Å². The molecule has 0 saturated carbocycles. The standard InChI is InChI=1S/C33H36Cl2N6O4/c1-44-27-16-20(6-7-21(27)17-37-19-23-8-9-28(43)40-23)31-30(35)25(11-13-38-31)24-4-3-5-26(29(24)34)41-33-32(45-2)22(10-12-39-33)18-36-14-15-42/h3-7,10-13,16,23,36-37,42H,8-9,14-15,17-19H2,1-2H3,(H,39,41)(H,40,43)/t23-/m1/s1. The lowest BCUT2D eigenvalue weighted by molar-refractivity contribution is -0.119. The predicted octanol–water partition coefficient (Wildman–Crippen LogP) is 5.33. The molecule has 45 heavy (non-hydrogen) atoms. The number of carbonyl (C=O) groups excluding carboxylic acids is 1. The quantitative estimate of drug-likeness (QED) is 0.115. The van der Waals surface area contributed by atoms with Gasteiger partial charge in [0.1, 0.15) is 5.75 Å². The van der Waals surface area contributed by atoms with Gasteiger partial charge in [0.05, 0.1) is 42.3 Å². The van der Waals surface area contributed by atoms with E-state index in [1.165, 1.54) is 0 Å². The van der Waals surface area contributed by atoms with E-state index in [-0.39, 0.29) is 18.6 Å². The van der Waals surface area contributed by atoms with Crippen LogP contribution in [-0.4, -0.2) is 60.9 Å². The van der Waals surface area contributed by atoms with Crippen LogP contribution in [0.2, 0.25) is 10.0 Å². The number of aromatic nitrogens is 2. The molecule has 5 N–H and O–H groups in total. The Hall–Kier alpha value is -3.93. The van der Waals surface area contributed by atoms with Crippen LogP contribution in [0.3, 0.4) is 0 Å². The van der Waals surface area contributed by atoms with Crippen molar-refractivity contribution in [2.24, 2.45) is 0 Å². The van der Waals surface area contributed by atoms with E-state index in [9.17, 15) is 4.79 Å². The van der Waals surface area contributed by atoms with Gasteiger partial charge in [-0.1, -0.05) is 47.5 Å². The molecule has 1 saturated heterocycles. The van der Waals surface area contributed by atoms with Gasteiger partial charge >= 0.3 is 0 Å². The van der Waals surface area contributed by atoms with Crippen LogP contribution < -0.4 is 30.7 Å². The zero-order valence-corrected chi connectivity index (χ0v) is 26.6. The summed E-state index contributed by atoms with van der Waals surface area (Å²) in [5, 5.41) is 22.9. The van der Waals surface area contributed by atoms with Crippen LogP contribution in [0.25, 0.3) is 22.4 Å². The summed E-state index contributed by atoms with van der Waals surface area (Å²) in [6.07, 6.45) is 4.81. The molecule has 2 aromatic carbocycles. The lowest BCUT2D eigenvalue weighted by atomic mass is 10.0. The molecule has 236 valence electrons. The van der Waals surface area contributed by atoms with Crippen LogP contribution in [-0.2, 0) is 17.9 Å². The molecule has 1 aliphatic heterocycles. The van der Waals surface area contributed by atoms with Gasteiger partial charge in [0, 0.05) is 78.9 Å². The normalized spacial score (nSPS) is 14.3. The number of aliphatic hydroxyl groups is 1. The van der Waals surface area contributed by atoms with Crippen molar-refractivity contribution in [3.63, 3.8) is 0 Å². The minimum atomic E-state index is 0.0415. The molecule has 0 unspecified atom stereocenters. The third-order valence-electron chi connectivity index (χ3n) is 7.58. The molecule has 1 amide bonds. The van der Waals surface area contributed by atoms with Gasteiger partial charge in [-0.2, -0.15) is 0 Å². The second-order valence-corrected chi connectivity index (χ2v) is 11.3. The summed E-state index contributed by atoms with van der Waals surface area (Å²) < 4.78 is 11.4. The second-order valence-electron chi connectivity index (χ2n) is 10.5. The molecule has 12 heteroatoms. The summed E-state index contributed by atoms with van der Waals surface area (Å²) in [4.78, 5) is 20.5. The highest BCUT2D eigenvalue weighted by Crippen LogP contribution is 2.42. The molecule has 1 fully saturated rings. The number of anilines is 2. The summed E-state index contributed by atoms with van der Waals surface area (Å²) >= 11 is 14.0. The monoisotopic (exact) mass is 650 g/mol. The third kappa shape index (κ3) is 7.66. The number of amides is 1. The summed E-state index contributed by atoms with van der Waals surface area (Å²) in [5.74, 6) is 1.89. The number of hydrogen-bond donors (Lipinski definition) is 5. The highest BCUT2D eigenvalue weighted by molar-refractivity contribution is 6.39. The van der Waals surface area contributed by atoms with E-state index in [0.717, 1.165) is 34.2 Å². The molecule has 2 aromatic heterocycles. The van der Waals surface area contributed by atoms with Crippen molar-refractivity contribution in [1.82, 2.24) is 25.9 Å². The number of aliphatic hydroxyl groups excluding tert-OH is 1. The Labute approximate surface area is 272 Å². The van der Waals surface area contributed by atoms with Gasteiger partial charge in [0.15, 0.2) is 11.6 Å². The van der Waals surface area contributed by atoms with E-state index in [1.54, 1.807) is 26.6 Å². The smallest absolute Gasteiger partial charge is 0.220 e. The summed E-state index contributed by atoms with van der Waals surface area (Å²) in [7, 11) is 3.22. The third-order valence-corrected chi connectivity index (χ3v) is 8.37. The van der Waals surface area contributed by atoms with Crippen molar-refractivity contribution in [3.05, 3.63) is 82.1 Å². The summed E-state index contributed by atoms with van der Waals surface area (Å²) in [6, 6.07) is 15.4. The van der Waals surface area contributed by atoms with E-state index in [2.05, 4.69) is 31.2 Å². The largest absolute Gasteiger partial charge is 0.496 e. The Kier molecular flexibility index (Phi) is 11.1. The number of hydrogen-bond acceptors (Lipinski definition) is 9. The Balaban J connectivity index is 1.38. The SMILES string of the molecule is COc1cc(-c2nccc(-c3cccc(Nc4nccc(CNCCO)c4OC)c3Cl)c2Cl)ccc1CNC[C@H]1CCC(=O)N1. The molecular weight excluding hydrogens is 615 g/mol. The number of halogens is 2. The zero-order chi connectivity index (χ0) is 31.8. The maximum absolute atomic E-state index is 11.5. The van der Waals surface area contributed by atoms with Crippen LogP contribution in [0.1, 0.15) is 24.0 Å². The minimum absolute atomic E-state index is 0.0415. The second kappa shape index (κ2) is 15.4. The van der Waals surface area contributed by atoms with Gasteiger partial charge in [-0.3, -0.25) is 9.78 Å². The zero-order valence-electron chi connectivity index (χ0n) is 25.1. The number of nitrogens with one attached hydrogen (secondary N) is 4. The Morgan fingerprint density at radius 1 is 0.956 bits per heavy atom. The molecule has 0 aliphatic carbocycles. The highest BCUT2D eigenvalue weighted by atomic mass is 35.5. The fourth-order valence-electron chi connectivity index (χ4n) is 5.31. The van der Waals surface area contributed by atoms with Crippen LogP contribution in [0, 0.1) is 0 Å². The van der Waals surface area contributed by atoms with Crippen molar-refractivity contribution in [1.29, 1.82) is 0 Å². The van der Waals surface area contributed by atoms with Crippen LogP contribution >= 0.6 is 23.2 Å². The fourth-order valence-corrected chi connectivity index (χ4v) is 5.91. The van der Waals surface area contributed by atoms with Crippen molar-refractivity contribution in [3.8, 4) is 33.9 Å². The van der Waals surface area contributed by atoms with Crippen LogP contribution in [0.5, 0.6) is 11.5 Å². The average molecular weight is 652 g/mol. The Bertz CT molecular complexity index is 1650. The highest BCUT2D eigenvalue weighted by Gasteiger charge is 2.21. The molecule has 0 bridgehead atoms. The predicted molar refractivity (Wildman–Crippen MR) is 177 cm³/mol. The topological polar surface area (TPSA) is 130 Å². The van der Waals surface area contributed by atoms with Gasteiger partial charge in [-0.05, 0) is 30.7 Å². The fraction of sp³-hybridized carbons (Fsp3) is 0.303. The van der Waals surface area contributed by atoms with Gasteiger partial charge < -0.3 is 35.8 Å². The summed E-state index contributed by atoms with van der Waals surface area (Å²) in [6.45, 7) is 2.30. The number of ether oxygens (including phenoxy) is 2. The molecule has 0 radical (unpaired) electrons. The first-order valence-corrected chi connectivity index (χ1v) is 15.4. The summed E-state index contributed by atoms with van der Waals surface area (Å²) in [5.41, 5.74) is 5.35. The molecule has 4 aromatic rings. The lowest BCUT2D eigenvalue weighted by Gasteiger charge is -2.17. The molecular formula is C33H36Cl2N6O4. The maximum Gasteiger partial charge on any atom is 0.220 e. The number of pyridine rings is 2. The average Bonchev–Trinajstić information content (AvgIpc) is 3.47. The van der Waals surface area contributed by atoms with Crippen LogP contribution in [0.15, 0.2) is 60.9 Å². The Morgan fingerprint density at radius 2 is 1.76 bits per heavy atom. The van der Waals surface area contributed by atoms with Gasteiger partial charge in [-0.25, -0.2) is 4.98 Å². The minimum Gasteiger partial charge on any atom is -0.496 e. The van der Waals surface area contributed by atoms with Crippen molar-refractivity contribution >= 4 is 40.6 Å². The number of nitrogens with zero attached hydrogens (tertiary/aromatic N) is 2. The van der Waals surface area contributed by atoms with Crippen LogP contribution in [0.4, 0.5) is 11.5 Å². The number of rotatable bonds is 14. The van der Waals surface area contributed by atoms with Gasteiger partial charge in [0.25, 0.3) is 0 Å². The van der Waals surface area contributed by atoms with E-state index in [4.69, 9.17) is 37.8 Å². The lowest BCUT2D eigenvalue weighted by Crippen LogP contribution is -2.35. The molecule has 10 nitrogen and oxygen atoms in total. The first kappa shape index (κ1) is 32.5. The van der Waals surface area contributed by atoms with Gasteiger partial charge in [0.2, 0.25) is 5.91 Å². The molecule has 3 heterocycles. The molecule has 1 aliphatic rings. The molecule has 5 rings (SSSR count). The van der Waals surface area contributed by atoms with E-state index < -0.39 is 0 Å². The van der Waals surface area contributed by atoms with E-state index in [0.29, 0.717) is 71.3 Å². The Morgan fingerprint density at radius 3 is 2.51 bits per heavy atom. The van der Waals surface area contributed by atoms with Crippen molar-refractivity contribution in [2.45, 2.75) is 32.0 Å². The first-order chi connectivity index (χ1) is 21.9. The number of benzene rings is 2. The van der Waals surface area contributed by atoms with E-state index >= 15 is 0 Å². The first-order valence-electron chi connectivity index (χ1n) is 14.6. The van der Waals surface area contributed by atoms with Gasteiger partial charge in [-0.15, -0.1) is 0 Å². The number of methoxy groups -OCH3 is 2. The van der Waals surface area contributed by atoms with E-state index in [1.807, 2.05) is 48.5 Å². The molecule has 0 spiro atoms. The maximum atomic E-state index is 11.5.